The lowest BCUT2D eigenvalue weighted by Gasteiger charge is -2.14. The van der Waals surface area contributed by atoms with Gasteiger partial charge >= 0.3 is 11.9 Å². The Kier molecular flexibility index (Phi) is 27.2. The van der Waals surface area contributed by atoms with Crippen LogP contribution in [0.1, 0.15) is 180 Å². The van der Waals surface area contributed by atoms with Gasteiger partial charge in [0, 0.05) is 12.8 Å². The predicted molar refractivity (Wildman–Crippen MR) is 158 cm³/mol. The minimum atomic E-state index is -1.10. The van der Waals surface area contributed by atoms with Crippen molar-refractivity contribution in [3.63, 3.8) is 0 Å². The first-order valence-corrected chi connectivity index (χ1v) is 16.2. The molecular weight excluding hydrogens is 478 g/mol. The molecular formula is C32H61NO5. The zero-order valence-electron chi connectivity index (χ0n) is 24.8. The van der Waals surface area contributed by atoms with Gasteiger partial charge in [-0.15, -0.1) is 0 Å². The van der Waals surface area contributed by atoms with Gasteiger partial charge in [-0.05, 0) is 19.3 Å². The van der Waals surface area contributed by atoms with E-state index in [-0.39, 0.29) is 25.2 Å². The lowest BCUT2D eigenvalue weighted by atomic mass is 10.0. The number of hydrogen-bond donors (Lipinski definition) is 3. The molecule has 0 aliphatic heterocycles. The summed E-state index contributed by atoms with van der Waals surface area (Å²) < 4.78 is 0. The minimum Gasteiger partial charge on any atom is -0.481 e. The van der Waals surface area contributed by atoms with Gasteiger partial charge in [0.2, 0.25) is 5.91 Å². The maximum atomic E-state index is 12.0. The Hall–Kier alpha value is -1.59. The fraction of sp³-hybridized carbons (Fsp3) is 0.906. The van der Waals surface area contributed by atoms with E-state index >= 15 is 0 Å². The number of carbonyl (C=O) groups excluding carboxylic acids is 1. The SMILES string of the molecule is CCCCCCCCCCCCCCCCCCCCCCCCCC(=O)N[C@H](CCCC(=O)O)C(=O)O. The number of nitrogens with one attached hydrogen (secondary N) is 1. The van der Waals surface area contributed by atoms with E-state index in [0.717, 1.165) is 19.3 Å². The Balaban J connectivity index is 3.33. The molecule has 0 aliphatic rings. The molecule has 0 radical (unpaired) electrons. The highest BCUT2D eigenvalue weighted by Gasteiger charge is 2.19. The maximum absolute atomic E-state index is 12.0. The molecule has 6 nitrogen and oxygen atoms in total. The lowest BCUT2D eigenvalue weighted by Crippen LogP contribution is -2.40. The summed E-state index contributed by atoms with van der Waals surface area (Å²) in [7, 11) is 0. The normalized spacial score (nSPS) is 11.9. The van der Waals surface area contributed by atoms with Gasteiger partial charge in [0.1, 0.15) is 6.04 Å². The highest BCUT2D eigenvalue weighted by molar-refractivity contribution is 5.83. The average molecular weight is 540 g/mol. The van der Waals surface area contributed by atoms with E-state index in [1.165, 1.54) is 128 Å². The third-order valence-corrected chi connectivity index (χ3v) is 7.52. The molecule has 1 atom stereocenters. The van der Waals surface area contributed by atoms with Crippen molar-refractivity contribution >= 4 is 17.8 Å². The number of carboxylic acids is 2. The molecule has 0 aliphatic carbocycles. The monoisotopic (exact) mass is 539 g/mol. The van der Waals surface area contributed by atoms with Crippen molar-refractivity contribution < 1.29 is 24.6 Å². The number of carboxylic acid groups (broad SMARTS) is 2. The number of hydrogen-bond acceptors (Lipinski definition) is 3. The fourth-order valence-corrected chi connectivity index (χ4v) is 5.05. The Bertz CT molecular complexity index is 566. The van der Waals surface area contributed by atoms with Crippen LogP contribution >= 0.6 is 0 Å². The van der Waals surface area contributed by atoms with Crippen molar-refractivity contribution in [3.8, 4) is 0 Å². The highest BCUT2D eigenvalue weighted by Crippen LogP contribution is 2.15. The van der Waals surface area contributed by atoms with Crippen LogP contribution in [0.15, 0.2) is 0 Å². The molecule has 0 aromatic heterocycles. The predicted octanol–water partition coefficient (Wildman–Crippen LogP) is 9.19. The van der Waals surface area contributed by atoms with E-state index in [4.69, 9.17) is 5.11 Å². The van der Waals surface area contributed by atoms with Crippen molar-refractivity contribution in [2.75, 3.05) is 0 Å². The van der Waals surface area contributed by atoms with Gasteiger partial charge in [-0.2, -0.15) is 0 Å². The van der Waals surface area contributed by atoms with E-state index in [9.17, 15) is 19.5 Å². The Morgan fingerprint density at radius 3 is 1.16 bits per heavy atom. The van der Waals surface area contributed by atoms with Gasteiger partial charge in [-0.1, -0.05) is 148 Å². The molecule has 224 valence electrons. The summed E-state index contributed by atoms with van der Waals surface area (Å²) in [6.07, 6.45) is 31.2. The summed E-state index contributed by atoms with van der Waals surface area (Å²) in [6.45, 7) is 2.28. The van der Waals surface area contributed by atoms with Crippen LogP contribution in [0.4, 0.5) is 0 Å². The maximum Gasteiger partial charge on any atom is 0.326 e. The third kappa shape index (κ3) is 27.4. The van der Waals surface area contributed by atoms with Crippen LogP contribution in [0.5, 0.6) is 0 Å². The number of rotatable bonds is 30. The van der Waals surface area contributed by atoms with E-state index < -0.39 is 18.0 Å². The van der Waals surface area contributed by atoms with Crippen LogP contribution in [-0.2, 0) is 14.4 Å². The molecule has 6 heteroatoms. The van der Waals surface area contributed by atoms with Gasteiger partial charge in [0.25, 0.3) is 0 Å². The van der Waals surface area contributed by atoms with Crippen LogP contribution in [0.25, 0.3) is 0 Å². The molecule has 0 saturated carbocycles. The van der Waals surface area contributed by atoms with E-state index in [2.05, 4.69) is 12.2 Å². The molecule has 0 rings (SSSR count). The van der Waals surface area contributed by atoms with Crippen LogP contribution in [0.2, 0.25) is 0 Å². The topological polar surface area (TPSA) is 104 Å². The van der Waals surface area contributed by atoms with Gasteiger partial charge in [0.05, 0.1) is 0 Å². The summed E-state index contributed by atoms with van der Waals surface area (Å²) >= 11 is 0. The first-order valence-electron chi connectivity index (χ1n) is 16.2. The third-order valence-electron chi connectivity index (χ3n) is 7.52. The number of aliphatic carboxylic acids is 2. The van der Waals surface area contributed by atoms with Gasteiger partial charge in [-0.25, -0.2) is 4.79 Å². The second kappa shape index (κ2) is 28.4. The Morgan fingerprint density at radius 2 is 0.842 bits per heavy atom. The van der Waals surface area contributed by atoms with Crippen LogP contribution in [0, 0.1) is 0 Å². The molecule has 0 saturated heterocycles. The molecule has 0 fully saturated rings. The summed E-state index contributed by atoms with van der Waals surface area (Å²) in [5.41, 5.74) is 0. The lowest BCUT2D eigenvalue weighted by molar-refractivity contribution is -0.142. The molecule has 3 N–H and O–H groups in total. The van der Waals surface area contributed by atoms with Crippen LogP contribution in [0.3, 0.4) is 0 Å². The van der Waals surface area contributed by atoms with E-state index in [1.54, 1.807) is 0 Å². The van der Waals surface area contributed by atoms with Gasteiger partial charge in [0.15, 0.2) is 0 Å². The molecule has 0 heterocycles. The largest absolute Gasteiger partial charge is 0.481 e. The number of unbranched alkanes of at least 4 members (excludes halogenated alkanes) is 22. The number of carbonyl (C=O) groups is 3. The highest BCUT2D eigenvalue weighted by atomic mass is 16.4. The average Bonchev–Trinajstić information content (AvgIpc) is 2.88. The fourth-order valence-electron chi connectivity index (χ4n) is 5.05. The minimum absolute atomic E-state index is 0.0842. The van der Waals surface area contributed by atoms with Crippen LogP contribution in [-0.4, -0.2) is 34.1 Å². The quantitative estimate of drug-likeness (QED) is 0.0789. The zero-order chi connectivity index (χ0) is 28.1. The second-order valence-electron chi connectivity index (χ2n) is 11.3. The first-order chi connectivity index (χ1) is 18.5. The molecule has 0 aromatic rings. The first kappa shape index (κ1) is 36.4. The van der Waals surface area contributed by atoms with Crippen LogP contribution < -0.4 is 5.32 Å². The second-order valence-corrected chi connectivity index (χ2v) is 11.3. The van der Waals surface area contributed by atoms with Crippen molar-refractivity contribution in [1.82, 2.24) is 5.32 Å². The van der Waals surface area contributed by atoms with Crippen molar-refractivity contribution in [2.45, 2.75) is 186 Å². The summed E-state index contributed by atoms with van der Waals surface area (Å²) in [6, 6.07) is -0.994. The van der Waals surface area contributed by atoms with Crippen molar-refractivity contribution in [3.05, 3.63) is 0 Å². The van der Waals surface area contributed by atoms with E-state index in [0.29, 0.717) is 6.42 Å². The van der Waals surface area contributed by atoms with Crippen molar-refractivity contribution in [1.29, 1.82) is 0 Å². The zero-order valence-corrected chi connectivity index (χ0v) is 24.8. The summed E-state index contributed by atoms with van der Waals surface area (Å²) in [5, 5.41) is 20.4. The summed E-state index contributed by atoms with van der Waals surface area (Å²) in [5.74, 6) is -2.31. The Morgan fingerprint density at radius 1 is 0.500 bits per heavy atom. The summed E-state index contributed by atoms with van der Waals surface area (Å²) in [4.78, 5) is 33.8. The molecule has 0 aromatic carbocycles. The van der Waals surface area contributed by atoms with Gasteiger partial charge in [-0.3, -0.25) is 9.59 Å². The molecule has 0 bridgehead atoms. The Labute approximate surface area is 234 Å². The number of amides is 1. The van der Waals surface area contributed by atoms with Gasteiger partial charge < -0.3 is 15.5 Å². The van der Waals surface area contributed by atoms with Crippen molar-refractivity contribution in [2.24, 2.45) is 0 Å². The molecule has 38 heavy (non-hydrogen) atoms. The standard InChI is InChI=1S/C32H61NO5/c1-2-3-4-5-6-7-8-9-10-11-12-13-14-15-16-17-18-19-20-21-22-23-24-27-30(34)33-29(32(37)38)26-25-28-31(35)36/h29H,2-28H2,1H3,(H,33,34)(H,35,36)(H,37,38)/t29-/m1/s1. The smallest absolute Gasteiger partial charge is 0.326 e. The molecule has 1 amide bonds. The molecule has 0 unspecified atom stereocenters. The van der Waals surface area contributed by atoms with E-state index in [1.807, 2.05) is 0 Å². The molecule has 0 spiro atoms.